The summed E-state index contributed by atoms with van der Waals surface area (Å²) in [5.41, 5.74) is 1.09. The molecule has 17 heavy (non-hydrogen) atoms. The second-order valence-corrected chi connectivity index (χ2v) is 6.19. The molecule has 0 aliphatic heterocycles. The van der Waals surface area contributed by atoms with Gasteiger partial charge in [-0.15, -0.1) is 0 Å². The lowest BCUT2D eigenvalue weighted by molar-refractivity contribution is -0.179. The second kappa shape index (κ2) is 3.35. The Morgan fingerprint density at radius 2 is 1.76 bits per heavy atom. The largest absolute Gasteiger partial charge is 0.444 e. The van der Waals surface area contributed by atoms with E-state index in [-0.39, 0.29) is 16.9 Å². The van der Waals surface area contributed by atoms with Gasteiger partial charge in [-0.3, -0.25) is 10.2 Å². The van der Waals surface area contributed by atoms with Crippen molar-refractivity contribution < 1.29 is 14.3 Å². The number of nitrogens with two attached hydrogens (primary N) is 1. The molecular weight excluding hydrogens is 222 g/mol. The van der Waals surface area contributed by atoms with Gasteiger partial charge in [-0.05, 0) is 40.0 Å². The molecule has 0 unspecified atom stereocenters. The Labute approximate surface area is 100 Å². The van der Waals surface area contributed by atoms with Crippen molar-refractivity contribution in [3.63, 3.8) is 0 Å². The third-order valence-electron chi connectivity index (χ3n) is 3.41. The molecular formula is C11H19N3O3. The Morgan fingerprint density at radius 3 is 2.18 bits per heavy atom. The van der Waals surface area contributed by atoms with E-state index in [9.17, 15) is 9.59 Å². The zero-order chi connectivity index (χ0) is 12.9. The minimum Gasteiger partial charge on any atom is -0.444 e. The smallest absolute Gasteiger partial charge is 0.408 e. The molecule has 0 heterocycles. The first-order chi connectivity index (χ1) is 7.70. The lowest BCUT2D eigenvalue weighted by Crippen LogP contribution is -2.78. The summed E-state index contributed by atoms with van der Waals surface area (Å²) in [5.74, 6) is 4.97. The van der Waals surface area contributed by atoms with Gasteiger partial charge in [0, 0.05) is 5.54 Å². The van der Waals surface area contributed by atoms with E-state index in [1.54, 1.807) is 0 Å². The molecule has 0 aromatic rings. The number of hydrazine groups is 1. The van der Waals surface area contributed by atoms with Gasteiger partial charge < -0.3 is 10.1 Å². The molecule has 0 atom stereocenters. The van der Waals surface area contributed by atoms with E-state index < -0.39 is 11.7 Å². The van der Waals surface area contributed by atoms with Crippen molar-refractivity contribution >= 4 is 12.0 Å². The Hall–Kier alpha value is -1.30. The van der Waals surface area contributed by atoms with E-state index in [0.717, 1.165) is 0 Å². The maximum absolute atomic E-state index is 11.6. The van der Waals surface area contributed by atoms with Crippen LogP contribution in [0.25, 0.3) is 0 Å². The van der Waals surface area contributed by atoms with E-state index in [1.165, 1.54) is 0 Å². The van der Waals surface area contributed by atoms with Crippen molar-refractivity contribution in [2.24, 2.45) is 11.3 Å². The molecule has 3 aliphatic carbocycles. The van der Waals surface area contributed by atoms with Crippen molar-refractivity contribution in [1.29, 1.82) is 0 Å². The molecule has 6 nitrogen and oxygen atoms in total. The maximum Gasteiger partial charge on any atom is 0.408 e. The summed E-state index contributed by atoms with van der Waals surface area (Å²) in [6.45, 7) is 5.45. The number of alkyl carbamates (subject to hydrolysis) is 1. The highest BCUT2D eigenvalue weighted by molar-refractivity contribution is 5.87. The minimum absolute atomic E-state index is 0.134. The van der Waals surface area contributed by atoms with Crippen LogP contribution in [0.4, 0.5) is 4.79 Å². The van der Waals surface area contributed by atoms with Crippen LogP contribution >= 0.6 is 0 Å². The zero-order valence-electron chi connectivity index (χ0n) is 10.4. The van der Waals surface area contributed by atoms with Crippen LogP contribution in [0.5, 0.6) is 0 Å². The van der Waals surface area contributed by atoms with Crippen molar-refractivity contribution in [1.82, 2.24) is 10.7 Å². The fraction of sp³-hybridized carbons (Fsp3) is 0.818. The normalized spacial score (nSPS) is 34.1. The van der Waals surface area contributed by atoms with Crippen molar-refractivity contribution in [3.05, 3.63) is 0 Å². The van der Waals surface area contributed by atoms with Crippen molar-refractivity contribution in [2.75, 3.05) is 0 Å². The Morgan fingerprint density at radius 1 is 1.24 bits per heavy atom. The van der Waals surface area contributed by atoms with Crippen LogP contribution < -0.4 is 16.6 Å². The molecule has 3 aliphatic rings. The predicted molar refractivity (Wildman–Crippen MR) is 60.7 cm³/mol. The van der Waals surface area contributed by atoms with Gasteiger partial charge in [-0.1, -0.05) is 0 Å². The first-order valence-electron chi connectivity index (χ1n) is 5.73. The van der Waals surface area contributed by atoms with Crippen LogP contribution in [0.3, 0.4) is 0 Å². The number of hydrogen-bond donors (Lipinski definition) is 3. The summed E-state index contributed by atoms with van der Waals surface area (Å²) in [6.07, 6.45) is 1.55. The summed E-state index contributed by atoms with van der Waals surface area (Å²) in [6, 6.07) is 0. The molecule has 0 aromatic heterocycles. The monoisotopic (exact) mass is 241 g/mol. The lowest BCUT2D eigenvalue weighted by atomic mass is 9.39. The van der Waals surface area contributed by atoms with E-state index in [1.807, 2.05) is 20.8 Å². The standard InChI is InChI=1S/C11H19N3O3/c1-9(2,3)17-8(16)13-11-4-10(5-11,6-11)7(15)14-12/h4-6,12H2,1-3H3,(H,13,16)(H,14,15)/t10-,11-. The Bertz CT molecular complexity index is 353. The molecule has 6 heteroatoms. The number of ether oxygens (including phenoxy) is 1. The molecule has 0 radical (unpaired) electrons. The molecule has 2 bridgehead atoms. The van der Waals surface area contributed by atoms with E-state index in [4.69, 9.17) is 10.6 Å². The van der Waals surface area contributed by atoms with Crippen LogP contribution in [0.2, 0.25) is 0 Å². The van der Waals surface area contributed by atoms with Crippen LogP contribution in [0.15, 0.2) is 0 Å². The highest BCUT2D eigenvalue weighted by atomic mass is 16.6. The van der Waals surface area contributed by atoms with Crippen molar-refractivity contribution in [2.45, 2.75) is 51.2 Å². The molecule has 96 valence electrons. The lowest BCUT2D eigenvalue weighted by Gasteiger charge is -2.68. The topological polar surface area (TPSA) is 93.4 Å². The molecule has 2 amide bonds. The summed E-state index contributed by atoms with van der Waals surface area (Å²) in [7, 11) is 0. The van der Waals surface area contributed by atoms with Crippen LogP contribution in [0, 0.1) is 5.41 Å². The third kappa shape index (κ3) is 1.97. The quantitative estimate of drug-likeness (QED) is 0.371. The van der Waals surface area contributed by atoms with E-state index in [0.29, 0.717) is 19.3 Å². The van der Waals surface area contributed by atoms with Gasteiger partial charge in [0.15, 0.2) is 0 Å². The number of nitrogens with one attached hydrogen (secondary N) is 2. The number of hydrogen-bond acceptors (Lipinski definition) is 4. The number of amides is 2. The van der Waals surface area contributed by atoms with Gasteiger partial charge in [-0.2, -0.15) is 0 Å². The minimum atomic E-state index is -0.500. The summed E-state index contributed by atoms with van der Waals surface area (Å²) in [5, 5.41) is 2.84. The SMILES string of the molecule is CC(C)(C)OC(=O)N[C@]12C[C@@](C(=O)NN)(C1)C2. The predicted octanol–water partition coefficient (Wildman–Crippen LogP) is 0.424. The van der Waals surface area contributed by atoms with Gasteiger partial charge in [0.2, 0.25) is 5.91 Å². The molecule has 4 N–H and O–H groups in total. The average Bonchev–Trinajstić information content (AvgIpc) is 2.04. The highest BCUT2D eigenvalue weighted by Gasteiger charge is 2.72. The number of carbonyl (C=O) groups is 2. The first-order valence-corrected chi connectivity index (χ1v) is 5.73. The number of carbonyl (C=O) groups excluding carboxylic acids is 2. The third-order valence-corrected chi connectivity index (χ3v) is 3.41. The Kier molecular flexibility index (Phi) is 2.40. The fourth-order valence-corrected chi connectivity index (χ4v) is 2.83. The van der Waals surface area contributed by atoms with Crippen LogP contribution in [-0.4, -0.2) is 23.1 Å². The van der Waals surface area contributed by atoms with E-state index >= 15 is 0 Å². The molecule has 0 aromatic carbocycles. The zero-order valence-corrected chi connectivity index (χ0v) is 10.4. The van der Waals surface area contributed by atoms with E-state index in [2.05, 4.69) is 10.7 Å². The van der Waals surface area contributed by atoms with Crippen LogP contribution in [0.1, 0.15) is 40.0 Å². The molecule has 0 spiro atoms. The maximum atomic E-state index is 11.6. The molecule has 3 fully saturated rings. The highest BCUT2D eigenvalue weighted by Crippen LogP contribution is 2.67. The first kappa shape index (κ1) is 12.2. The average molecular weight is 241 g/mol. The van der Waals surface area contributed by atoms with Crippen LogP contribution in [-0.2, 0) is 9.53 Å². The van der Waals surface area contributed by atoms with Gasteiger partial charge in [0.05, 0.1) is 5.41 Å². The summed E-state index contributed by atoms with van der Waals surface area (Å²) < 4.78 is 5.18. The molecule has 0 saturated heterocycles. The number of rotatable bonds is 2. The Balaban J connectivity index is 1.82. The van der Waals surface area contributed by atoms with Gasteiger partial charge in [0.25, 0.3) is 0 Å². The summed E-state index contributed by atoms with van der Waals surface area (Å²) in [4.78, 5) is 23.0. The summed E-state index contributed by atoms with van der Waals surface area (Å²) >= 11 is 0. The molecule has 3 saturated carbocycles. The van der Waals surface area contributed by atoms with Gasteiger partial charge in [-0.25, -0.2) is 10.6 Å². The van der Waals surface area contributed by atoms with Crippen molar-refractivity contribution in [3.8, 4) is 0 Å². The molecule has 3 rings (SSSR count). The van der Waals surface area contributed by atoms with Gasteiger partial charge in [0.1, 0.15) is 5.60 Å². The van der Waals surface area contributed by atoms with Gasteiger partial charge >= 0.3 is 6.09 Å². The fourth-order valence-electron chi connectivity index (χ4n) is 2.83. The second-order valence-electron chi connectivity index (χ2n) is 6.19.